The molecule has 1 aromatic carbocycles. The van der Waals surface area contributed by atoms with Crippen LogP contribution in [0.25, 0.3) is 5.69 Å². The molecule has 1 fully saturated rings. The summed E-state index contributed by atoms with van der Waals surface area (Å²) in [5.74, 6) is 0. The molecule has 4 rings (SSSR count). The van der Waals surface area contributed by atoms with Crippen molar-refractivity contribution in [3.63, 3.8) is 0 Å². The maximum Gasteiger partial charge on any atom is 0.123 e. The van der Waals surface area contributed by atoms with Crippen molar-refractivity contribution in [2.75, 3.05) is 13.1 Å². The summed E-state index contributed by atoms with van der Waals surface area (Å²) in [6.07, 6.45) is 5.20. The van der Waals surface area contributed by atoms with Crippen molar-refractivity contribution in [2.45, 2.75) is 25.0 Å². The molecule has 0 saturated carbocycles. The normalized spacial score (nSPS) is 21.9. The fourth-order valence-corrected chi connectivity index (χ4v) is 3.29. The lowest BCUT2D eigenvalue weighted by molar-refractivity contribution is -0.0417. The van der Waals surface area contributed by atoms with Crippen LogP contribution in [0, 0.1) is 0 Å². The maximum atomic E-state index is 10.9. The zero-order valence-electron chi connectivity index (χ0n) is 13.3. The minimum Gasteiger partial charge on any atom is -0.382 e. The maximum absolute atomic E-state index is 10.9. The smallest absolute Gasteiger partial charge is 0.123 e. The zero-order chi connectivity index (χ0) is 16.4. The zero-order valence-corrected chi connectivity index (χ0v) is 13.3. The summed E-state index contributed by atoms with van der Waals surface area (Å²) in [7, 11) is 0. The summed E-state index contributed by atoms with van der Waals surface area (Å²) in [5, 5.41) is 26.0. The Morgan fingerprint density at radius 1 is 1.21 bits per heavy atom. The minimum absolute atomic E-state index is 0.539. The van der Waals surface area contributed by atoms with Crippen LogP contribution in [-0.4, -0.2) is 48.3 Å². The van der Waals surface area contributed by atoms with Crippen molar-refractivity contribution < 1.29 is 5.11 Å². The number of piperidine rings is 1. The predicted octanol–water partition coefficient (Wildman–Crippen LogP) is 1.47. The first-order valence-electron chi connectivity index (χ1n) is 8.14. The van der Waals surface area contributed by atoms with Gasteiger partial charge < -0.3 is 5.11 Å². The van der Waals surface area contributed by atoms with Crippen molar-refractivity contribution in [3.8, 4) is 5.69 Å². The van der Waals surface area contributed by atoms with Gasteiger partial charge in [0.05, 0.1) is 17.6 Å². The first kappa shape index (κ1) is 15.0. The van der Waals surface area contributed by atoms with Gasteiger partial charge in [-0.1, -0.05) is 18.2 Å². The molecule has 0 amide bonds. The number of hydrogen-bond acceptors (Lipinski definition) is 5. The molecule has 0 bridgehead atoms. The van der Waals surface area contributed by atoms with Crippen LogP contribution in [0.3, 0.4) is 0 Å². The number of β-amino-alcohol motifs (C(OH)–C–C–N with tert-alkyl or cyclic N) is 1. The van der Waals surface area contributed by atoms with Crippen LogP contribution in [0.2, 0.25) is 0 Å². The third-order valence-electron chi connectivity index (χ3n) is 4.49. The lowest BCUT2D eigenvalue weighted by Crippen LogP contribution is -2.46. The molecule has 0 radical (unpaired) electrons. The molecular formula is C17H20N6O. The summed E-state index contributed by atoms with van der Waals surface area (Å²) in [6.45, 7) is 2.19. The van der Waals surface area contributed by atoms with E-state index in [1.807, 2.05) is 47.3 Å². The minimum atomic E-state index is -0.937. The largest absolute Gasteiger partial charge is 0.382 e. The highest BCUT2D eigenvalue weighted by atomic mass is 16.3. The number of hydrogen-bond donors (Lipinski definition) is 2. The second-order valence-corrected chi connectivity index (χ2v) is 6.29. The number of likely N-dealkylation sites (tertiary alicyclic amines) is 1. The van der Waals surface area contributed by atoms with Crippen molar-refractivity contribution in [2.24, 2.45) is 0 Å². The van der Waals surface area contributed by atoms with Gasteiger partial charge in [0.25, 0.3) is 0 Å². The molecule has 0 aliphatic carbocycles. The van der Waals surface area contributed by atoms with Crippen molar-refractivity contribution in [1.29, 1.82) is 0 Å². The van der Waals surface area contributed by atoms with E-state index in [4.69, 9.17) is 0 Å². The van der Waals surface area contributed by atoms with Gasteiger partial charge in [-0.3, -0.25) is 4.90 Å². The molecule has 7 heteroatoms. The van der Waals surface area contributed by atoms with Gasteiger partial charge in [0.1, 0.15) is 11.3 Å². The molecule has 1 atom stereocenters. The van der Waals surface area contributed by atoms with Crippen LogP contribution in [-0.2, 0) is 12.1 Å². The molecular weight excluding hydrogens is 304 g/mol. The van der Waals surface area contributed by atoms with Gasteiger partial charge in [0.15, 0.2) is 0 Å². The van der Waals surface area contributed by atoms with E-state index in [2.05, 4.69) is 25.4 Å². The topological polar surface area (TPSA) is 82.9 Å². The Labute approximate surface area is 139 Å². The SMILES string of the molecule is O[C@]1(c2cn[nH]n2)CCCN(Cc2ccn(-c3ccccc3)n2)C1. The summed E-state index contributed by atoms with van der Waals surface area (Å²) in [6, 6.07) is 12.1. The van der Waals surface area contributed by atoms with Gasteiger partial charge >= 0.3 is 0 Å². The lowest BCUT2D eigenvalue weighted by Gasteiger charge is -2.37. The summed E-state index contributed by atoms with van der Waals surface area (Å²) < 4.78 is 1.88. The second kappa shape index (κ2) is 6.18. The van der Waals surface area contributed by atoms with Gasteiger partial charge in [0, 0.05) is 19.3 Å². The van der Waals surface area contributed by atoms with Gasteiger partial charge in [-0.15, -0.1) is 0 Å². The summed E-state index contributed by atoms with van der Waals surface area (Å²) >= 11 is 0. The number of para-hydroxylation sites is 1. The van der Waals surface area contributed by atoms with E-state index < -0.39 is 5.60 Å². The Bertz CT molecular complexity index is 785. The van der Waals surface area contributed by atoms with E-state index in [9.17, 15) is 5.11 Å². The van der Waals surface area contributed by atoms with E-state index in [0.717, 1.165) is 24.3 Å². The molecule has 0 spiro atoms. The standard InChI is InChI=1S/C17H20N6O/c24-17(16-11-18-21-19-16)8-4-9-22(13-17)12-14-7-10-23(20-14)15-5-2-1-3-6-15/h1-3,5-7,10-11,24H,4,8-9,12-13H2,(H,18,19,21)/t17-/m1/s1. The van der Waals surface area contributed by atoms with Gasteiger partial charge in [-0.25, -0.2) is 4.68 Å². The number of aliphatic hydroxyl groups is 1. The van der Waals surface area contributed by atoms with Gasteiger partial charge in [0.2, 0.25) is 0 Å². The number of nitrogens with one attached hydrogen (secondary N) is 1. The highest BCUT2D eigenvalue weighted by Crippen LogP contribution is 2.30. The Morgan fingerprint density at radius 3 is 2.88 bits per heavy atom. The predicted molar refractivity (Wildman–Crippen MR) is 88.4 cm³/mol. The average molecular weight is 324 g/mol. The van der Waals surface area contributed by atoms with E-state index >= 15 is 0 Å². The number of aromatic amines is 1. The number of aromatic nitrogens is 5. The fourth-order valence-electron chi connectivity index (χ4n) is 3.29. The molecule has 1 saturated heterocycles. The number of rotatable bonds is 4. The molecule has 1 aliphatic heterocycles. The Balaban J connectivity index is 1.47. The van der Waals surface area contributed by atoms with Crippen LogP contribution < -0.4 is 0 Å². The molecule has 124 valence electrons. The van der Waals surface area contributed by atoms with E-state index in [0.29, 0.717) is 25.2 Å². The highest BCUT2D eigenvalue weighted by molar-refractivity contribution is 5.30. The van der Waals surface area contributed by atoms with Crippen molar-refractivity contribution in [3.05, 3.63) is 60.2 Å². The second-order valence-electron chi connectivity index (χ2n) is 6.29. The average Bonchev–Trinajstić information content (AvgIpc) is 3.28. The van der Waals surface area contributed by atoms with E-state index in [1.165, 1.54) is 0 Å². The quantitative estimate of drug-likeness (QED) is 0.759. The van der Waals surface area contributed by atoms with Gasteiger partial charge in [-0.05, 0) is 37.6 Å². The Morgan fingerprint density at radius 2 is 2.08 bits per heavy atom. The molecule has 7 nitrogen and oxygen atoms in total. The van der Waals surface area contributed by atoms with Crippen LogP contribution in [0.5, 0.6) is 0 Å². The number of H-pyrrole nitrogens is 1. The molecule has 3 heterocycles. The van der Waals surface area contributed by atoms with E-state index in [-0.39, 0.29) is 0 Å². The first-order chi connectivity index (χ1) is 11.7. The van der Waals surface area contributed by atoms with Crippen LogP contribution in [0.15, 0.2) is 48.8 Å². The van der Waals surface area contributed by atoms with E-state index in [1.54, 1.807) is 6.20 Å². The molecule has 0 unspecified atom stereocenters. The van der Waals surface area contributed by atoms with Gasteiger partial charge in [-0.2, -0.15) is 20.5 Å². The molecule has 3 aromatic rings. The van der Waals surface area contributed by atoms with Crippen molar-refractivity contribution >= 4 is 0 Å². The van der Waals surface area contributed by atoms with Crippen LogP contribution in [0.1, 0.15) is 24.2 Å². The van der Waals surface area contributed by atoms with Crippen LogP contribution in [0.4, 0.5) is 0 Å². The molecule has 1 aliphatic rings. The summed E-state index contributed by atoms with van der Waals surface area (Å²) in [4.78, 5) is 2.22. The molecule has 2 aromatic heterocycles. The first-order valence-corrected chi connectivity index (χ1v) is 8.14. The third kappa shape index (κ3) is 2.95. The Kier molecular flexibility index (Phi) is 3.87. The number of benzene rings is 1. The van der Waals surface area contributed by atoms with Crippen LogP contribution >= 0.6 is 0 Å². The molecule has 2 N–H and O–H groups in total. The highest BCUT2D eigenvalue weighted by Gasteiger charge is 2.37. The lowest BCUT2D eigenvalue weighted by atomic mass is 9.90. The Hall–Kier alpha value is -2.51. The molecule has 24 heavy (non-hydrogen) atoms. The summed E-state index contributed by atoms with van der Waals surface area (Å²) in [5.41, 5.74) is 1.71. The fraction of sp³-hybridized carbons (Fsp3) is 0.353. The number of nitrogens with zero attached hydrogens (tertiary/aromatic N) is 5. The van der Waals surface area contributed by atoms with Crippen molar-refractivity contribution in [1.82, 2.24) is 30.1 Å². The monoisotopic (exact) mass is 324 g/mol. The third-order valence-corrected chi connectivity index (χ3v) is 4.49.